The highest BCUT2D eigenvalue weighted by atomic mass is 32.2. The standard InChI is InChI=1S/C28H24N2O10S/c31-21-8-7-17(18(11-21)16-39-36)15-38-30-20-4-1-5-23(12-20)40-41(37)24-6-2-3-19(13-24)29-27(33)25-10-9-22(32)14-26(25)28(34)35/h1-14,30-32,36H,15-16H2,(H,29,33)(H,34,35). The molecule has 13 heteroatoms. The molecule has 4 rings (SSSR count). The second-order valence-electron chi connectivity index (χ2n) is 8.48. The lowest BCUT2D eigenvalue weighted by atomic mass is 10.1. The van der Waals surface area contributed by atoms with E-state index in [2.05, 4.69) is 15.7 Å². The first kappa shape index (κ1) is 29.0. The third kappa shape index (κ3) is 7.80. The molecule has 0 saturated heterocycles. The van der Waals surface area contributed by atoms with E-state index in [1.54, 1.807) is 36.4 Å². The molecule has 0 aliphatic heterocycles. The molecule has 4 aromatic carbocycles. The van der Waals surface area contributed by atoms with E-state index in [1.165, 1.54) is 42.5 Å². The number of carboxylic acids is 1. The summed E-state index contributed by atoms with van der Waals surface area (Å²) in [7, 11) is 0. The van der Waals surface area contributed by atoms with Gasteiger partial charge in [0.05, 0.1) is 28.3 Å². The predicted octanol–water partition coefficient (Wildman–Crippen LogP) is 4.68. The molecule has 0 aromatic heterocycles. The lowest BCUT2D eigenvalue weighted by Crippen LogP contribution is -2.16. The van der Waals surface area contributed by atoms with Gasteiger partial charge in [-0.15, -0.1) is 0 Å². The number of carbonyl (C=O) groups excluding carboxylic acids is 1. The number of amides is 1. The zero-order chi connectivity index (χ0) is 29.4. The van der Waals surface area contributed by atoms with Gasteiger partial charge in [-0.2, -0.15) is 0 Å². The van der Waals surface area contributed by atoms with Crippen molar-refractivity contribution in [2.75, 3.05) is 10.8 Å². The van der Waals surface area contributed by atoms with Gasteiger partial charge in [-0.3, -0.25) is 20.4 Å². The number of hydrogen-bond acceptors (Lipinski definition) is 10. The van der Waals surface area contributed by atoms with Crippen molar-refractivity contribution in [3.05, 3.63) is 107 Å². The van der Waals surface area contributed by atoms with Crippen LogP contribution in [-0.2, 0) is 34.0 Å². The van der Waals surface area contributed by atoms with Crippen molar-refractivity contribution in [1.29, 1.82) is 0 Å². The maximum atomic E-state index is 12.9. The fraction of sp³-hybridized carbons (Fsp3) is 0.0714. The van der Waals surface area contributed by atoms with Crippen LogP contribution in [0.5, 0.6) is 17.2 Å². The number of hydrogen-bond donors (Lipinski definition) is 6. The Morgan fingerprint density at radius 3 is 2.29 bits per heavy atom. The molecule has 212 valence electrons. The molecule has 0 spiro atoms. The highest BCUT2D eigenvalue weighted by Gasteiger charge is 2.18. The number of benzene rings is 4. The Hall–Kier alpha value is -4.95. The van der Waals surface area contributed by atoms with Crippen molar-refractivity contribution in [1.82, 2.24) is 0 Å². The highest BCUT2D eigenvalue weighted by Crippen LogP contribution is 2.24. The molecule has 41 heavy (non-hydrogen) atoms. The minimum atomic E-state index is -1.98. The normalized spacial score (nSPS) is 11.4. The Bertz CT molecular complexity index is 1590. The van der Waals surface area contributed by atoms with Gasteiger partial charge in [-0.1, -0.05) is 18.2 Å². The van der Waals surface area contributed by atoms with E-state index in [1.807, 2.05) is 0 Å². The molecule has 0 saturated carbocycles. The Kier molecular flexibility index (Phi) is 9.50. The molecule has 0 aliphatic rings. The maximum absolute atomic E-state index is 12.9. The zero-order valence-electron chi connectivity index (χ0n) is 21.1. The Morgan fingerprint density at radius 1 is 0.780 bits per heavy atom. The molecular formula is C28H24N2O10S. The Labute approximate surface area is 235 Å². The van der Waals surface area contributed by atoms with Gasteiger partial charge in [-0.25, -0.2) is 13.9 Å². The van der Waals surface area contributed by atoms with E-state index in [-0.39, 0.29) is 52.2 Å². The largest absolute Gasteiger partial charge is 0.508 e. The second kappa shape index (κ2) is 13.4. The van der Waals surface area contributed by atoms with E-state index in [4.69, 9.17) is 14.3 Å². The summed E-state index contributed by atoms with van der Waals surface area (Å²) < 4.78 is 18.5. The summed E-state index contributed by atoms with van der Waals surface area (Å²) in [6, 6.07) is 20.4. The molecule has 6 N–H and O–H groups in total. The van der Waals surface area contributed by atoms with Crippen molar-refractivity contribution in [3.63, 3.8) is 0 Å². The van der Waals surface area contributed by atoms with E-state index in [0.29, 0.717) is 16.8 Å². The van der Waals surface area contributed by atoms with Crippen LogP contribution in [0.25, 0.3) is 0 Å². The van der Waals surface area contributed by atoms with Gasteiger partial charge in [0.25, 0.3) is 5.91 Å². The average molecular weight is 581 g/mol. The van der Waals surface area contributed by atoms with Crippen molar-refractivity contribution in [2.24, 2.45) is 0 Å². The number of aromatic hydroxyl groups is 2. The SMILES string of the molecule is O=C(O)c1cc(O)ccc1C(=O)Nc1cccc(S(=O)Oc2cccc(NOCc3ccc(O)cc3COO)c2)c1. The van der Waals surface area contributed by atoms with Crippen LogP contribution < -0.4 is 15.0 Å². The first-order chi connectivity index (χ1) is 19.7. The highest BCUT2D eigenvalue weighted by molar-refractivity contribution is 7.80. The van der Waals surface area contributed by atoms with Crippen molar-refractivity contribution in [3.8, 4) is 17.2 Å². The fourth-order valence-electron chi connectivity index (χ4n) is 3.68. The summed E-state index contributed by atoms with van der Waals surface area (Å²) in [6.45, 7) is -0.0557. The maximum Gasteiger partial charge on any atom is 0.336 e. The molecule has 0 fully saturated rings. The monoisotopic (exact) mass is 580 g/mol. The minimum absolute atomic E-state index is 0.0178. The molecule has 0 radical (unpaired) electrons. The average Bonchev–Trinajstić information content (AvgIpc) is 2.94. The summed E-state index contributed by atoms with van der Waals surface area (Å²) in [4.78, 5) is 34.0. The molecule has 1 unspecified atom stereocenters. The molecule has 1 amide bonds. The van der Waals surface area contributed by atoms with Crippen LogP contribution >= 0.6 is 0 Å². The Balaban J connectivity index is 1.38. The van der Waals surface area contributed by atoms with Gasteiger partial charge in [0.15, 0.2) is 0 Å². The van der Waals surface area contributed by atoms with Gasteiger partial charge < -0.3 is 24.8 Å². The lowest BCUT2D eigenvalue weighted by Gasteiger charge is -2.12. The number of phenols is 2. The molecule has 1 atom stereocenters. The van der Waals surface area contributed by atoms with Crippen molar-refractivity contribution < 1.29 is 48.3 Å². The summed E-state index contributed by atoms with van der Waals surface area (Å²) in [5.74, 6) is -2.13. The van der Waals surface area contributed by atoms with Crippen molar-refractivity contribution >= 4 is 34.3 Å². The number of aromatic carboxylic acids is 1. The van der Waals surface area contributed by atoms with Crippen molar-refractivity contribution in [2.45, 2.75) is 18.1 Å². The summed E-state index contributed by atoms with van der Waals surface area (Å²) in [6.07, 6.45) is 0. The van der Waals surface area contributed by atoms with Crippen LogP contribution in [0.4, 0.5) is 11.4 Å². The predicted molar refractivity (Wildman–Crippen MR) is 147 cm³/mol. The van der Waals surface area contributed by atoms with Crippen LogP contribution in [0.1, 0.15) is 31.8 Å². The van der Waals surface area contributed by atoms with Crippen LogP contribution in [0, 0.1) is 0 Å². The van der Waals surface area contributed by atoms with Crippen LogP contribution in [0.15, 0.2) is 89.8 Å². The topological polar surface area (TPSA) is 184 Å². The molecular weight excluding hydrogens is 556 g/mol. The summed E-state index contributed by atoms with van der Waals surface area (Å²) >= 11 is -1.98. The fourth-order valence-corrected chi connectivity index (χ4v) is 4.47. The van der Waals surface area contributed by atoms with E-state index >= 15 is 0 Å². The van der Waals surface area contributed by atoms with E-state index < -0.39 is 23.0 Å². The van der Waals surface area contributed by atoms with E-state index in [9.17, 15) is 29.1 Å². The van der Waals surface area contributed by atoms with Gasteiger partial charge in [0.1, 0.15) is 23.9 Å². The Morgan fingerprint density at radius 2 is 1.51 bits per heavy atom. The summed E-state index contributed by atoms with van der Waals surface area (Å²) in [5.41, 5.74) is 4.14. The van der Waals surface area contributed by atoms with Crippen LogP contribution in [0.2, 0.25) is 0 Å². The second-order valence-corrected chi connectivity index (χ2v) is 9.59. The first-order valence-electron chi connectivity index (χ1n) is 11.9. The molecule has 0 aliphatic carbocycles. The number of phenolic OH excluding ortho intramolecular Hbond substituents is 2. The van der Waals surface area contributed by atoms with Gasteiger partial charge in [0, 0.05) is 11.8 Å². The third-order valence-corrected chi connectivity index (χ3v) is 6.58. The first-order valence-corrected chi connectivity index (χ1v) is 12.9. The molecule has 12 nitrogen and oxygen atoms in total. The van der Waals surface area contributed by atoms with Gasteiger partial charge in [0.2, 0.25) is 11.1 Å². The lowest BCUT2D eigenvalue weighted by molar-refractivity contribution is -0.253. The number of carbonyl (C=O) groups is 2. The van der Waals surface area contributed by atoms with Crippen LogP contribution in [0.3, 0.4) is 0 Å². The number of anilines is 2. The number of rotatable bonds is 12. The minimum Gasteiger partial charge on any atom is -0.508 e. The van der Waals surface area contributed by atoms with Crippen LogP contribution in [-0.4, -0.2) is 36.7 Å². The smallest absolute Gasteiger partial charge is 0.336 e. The van der Waals surface area contributed by atoms with E-state index in [0.717, 1.165) is 6.07 Å². The zero-order valence-corrected chi connectivity index (χ0v) is 22.0. The summed E-state index contributed by atoms with van der Waals surface area (Å²) in [5, 5.41) is 39.8. The number of carboxylic acid groups (broad SMARTS) is 1. The third-order valence-electron chi connectivity index (χ3n) is 5.60. The van der Waals surface area contributed by atoms with Gasteiger partial charge >= 0.3 is 5.97 Å². The molecule has 4 aromatic rings. The molecule has 0 bridgehead atoms. The quantitative estimate of drug-likeness (QED) is 0.101. The molecule has 0 heterocycles. The van der Waals surface area contributed by atoms with Gasteiger partial charge in [-0.05, 0) is 71.8 Å². The number of nitrogens with one attached hydrogen (secondary N) is 2.